The van der Waals surface area contributed by atoms with E-state index in [2.05, 4.69) is 21.2 Å². The molecule has 0 aliphatic heterocycles. The highest BCUT2D eigenvalue weighted by molar-refractivity contribution is 9.10. The van der Waals surface area contributed by atoms with Crippen molar-refractivity contribution in [3.8, 4) is 0 Å². The Hall–Kier alpha value is -1.66. The molecule has 0 saturated heterocycles. The average molecular weight is 362 g/mol. The third-order valence-electron chi connectivity index (χ3n) is 2.54. The zero-order chi connectivity index (χ0) is 14.9. The molecule has 0 saturated carbocycles. The van der Waals surface area contributed by atoms with Crippen molar-refractivity contribution >= 4 is 44.8 Å². The van der Waals surface area contributed by atoms with Gasteiger partial charge in [-0.05, 0) is 24.3 Å². The number of nitrogens with one attached hydrogen (secondary N) is 1. The molecule has 0 aliphatic rings. The van der Waals surface area contributed by atoms with Crippen LogP contribution in [-0.4, -0.2) is 5.91 Å². The number of halogens is 4. The second-order valence-electron chi connectivity index (χ2n) is 3.90. The maximum atomic E-state index is 13.6. The van der Waals surface area contributed by atoms with Gasteiger partial charge in [-0.1, -0.05) is 33.6 Å². The molecular weight excluding hydrogens is 354 g/mol. The molecule has 7 heteroatoms. The Morgan fingerprint density at radius 3 is 2.45 bits per heavy atom. The lowest BCUT2D eigenvalue weighted by atomic mass is 10.1. The summed E-state index contributed by atoms with van der Waals surface area (Å²) in [6.07, 6.45) is 0. The van der Waals surface area contributed by atoms with Gasteiger partial charge in [0.2, 0.25) is 0 Å². The molecular formula is C13H8BrClF2N2O. The van der Waals surface area contributed by atoms with Gasteiger partial charge in [-0.2, -0.15) is 0 Å². The van der Waals surface area contributed by atoms with Gasteiger partial charge < -0.3 is 11.1 Å². The summed E-state index contributed by atoms with van der Waals surface area (Å²) in [6, 6.07) is 6.52. The molecule has 1 amide bonds. The molecule has 0 bridgehead atoms. The average Bonchev–Trinajstić information content (AvgIpc) is 2.36. The van der Waals surface area contributed by atoms with Crippen molar-refractivity contribution in [1.82, 2.24) is 0 Å². The van der Waals surface area contributed by atoms with Crippen molar-refractivity contribution in [2.45, 2.75) is 0 Å². The Morgan fingerprint density at radius 2 is 1.85 bits per heavy atom. The summed E-state index contributed by atoms with van der Waals surface area (Å²) in [6.45, 7) is 0. The van der Waals surface area contributed by atoms with E-state index in [0.717, 1.165) is 12.1 Å². The quantitative estimate of drug-likeness (QED) is 0.787. The first-order valence-corrected chi connectivity index (χ1v) is 6.57. The molecule has 2 aromatic rings. The number of hydrogen-bond acceptors (Lipinski definition) is 2. The minimum absolute atomic E-state index is 0.0409. The highest BCUT2D eigenvalue weighted by Gasteiger charge is 2.17. The fourth-order valence-electron chi connectivity index (χ4n) is 1.58. The van der Waals surface area contributed by atoms with E-state index < -0.39 is 23.2 Å². The highest BCUT2D eigenvalue weighted by atomic mass is 79.9. The van der Waals surface area contributed by atoms with E-state index in [9.17, 15) is 13.6 Å². The molecule has 20 heavy (non-hydrogen) atoms. The summed E-state index contributed by atoms with van der Waals surface area (Å²) >= 11 is 8.73. The molecule has 0 radical (unpaired) electrons. The number of rotatable bonds is 2. The van der Waals surface area contributed by atoms with Crippen LogP contribution in [0.2, 0.25) is 5.02 Å². The van der Waals surface area contributed by atoms with Crippen molar-refractivity contribution in [3.63, 3.8) is 0 Å². The standard InChI is InChI=1S/C13H8BrClF2N2O/c14-6-4-9(16)12(10(17)5-6)19-13(20)7-2-1-3-8(15)11(7)18/h1-5H,18H2,(H,19,20). The van der Waals surface area contributed by atoms with Crippen LogP contribution in [0.5, 0.6) is 0 Å². The van der Waals surface area contributed by atoms with E-state index in [-0.39, 0.29) is 20.7 Å². The summed E-state index contributed by atoms with van der Waals surface area (Å²) in [7, 11) is 0. The number of carbonyl (C=O) groups is 1. The summed E-state index contributed by atoms with van der Waals surface area (Å²) in [5, 5.41) is 2.33. The van der Waals surface area contributed by atoms with Gasteiger partial charge in [-0.15, -0.1) is 0 Å². The van der Waals surface area contributed by atoms with E-state index in [1.165, 1.54) is 18.2 Å². The minimum atomic E-state index is -0.897. The Balaban J connectivity index is 2.36. The molecule has 0 atom stereocenters. The third kappa shape index (κ3) is 2.91. The van der Waals surface area contributed by atoms with Gasteiger partial charge in [-0.25, -0.2) is 8.78 Å². The number of nitrogens with two attached hydrogens (primary N) is 1. The third-order valence-corrected chi connectivity index (χ3v) is 3.33. The summed E-state index contributed by atoms with van der Waals surface area (Å²) in [5.74, 6) is -2.54. The van der Waals surface area contributed by atoms with Crippen molar-refractivity contribution < 1.29 is 13.6 Å². The van der Waals surface area contributed by atoms with Gasteiger partial charge in [0, 0.05) is 4.47 Å². The van der Waals surface area contributed by atoms with E-state index in [4.69, 9.17) is 17.3 Å². The molecule has 0 spiro atoms. The van der Waals surface area contributed by atoms with Crippen molar-refractivity contribution in [2.24, 2.45) is 0 Å². The van der Waals surface area contributed by atoms with Crippen molar-refractivity contribution in [2.75, 3.05) is 11.1 Å². The summed E-state index contributed by atoms with van der Waals surface area (Å²) < 4.78 is 27.5. The maximum Gasteiger partial charge on any atom is 0.257 e. The number of benzene rings is 2. The molecule has 3 N–H and O–H groups in total. The van der Waals surface area contributed by atoms with Crippen LogP contribution in [0.1, 0.15) is 10.4 Å². The molecule has 0 fully saturated rings. The lowest BCUT2D eigenvalue weighted by Gasteiger charge is -2.10. The molecule has 3 nitrogen and oxygen atoms in total. The van der Waals surface area contributed by atoms with Gasteiger partial charge in [0.1, 0.15) is 5.69 Å². The molecule has 104 valence electrons. The number of anilines is 2. The zero-order valence-electron chi connectivity index (χ0n) is 9.88. The normalized spacial score (nSPS) is 10.4. The van der Waals surface area contributed by atoms with Crippen LogP contribution < -0.4 is 11.1 Å². The summed E-state index contributed by atoms with van der Waals surface area (Å²) in [5.41, 5.74) is 5.19. The van der Waals surface area contributed by atoms with Crippen LogP contribution in [0, 0.1) is 11.6 Å². The molecule has 0 aromatic heterocycles. The van der Waals surface area contributed by atoms with Gasteiger partial charge in [0.15, 0.2) is 11.6 Å². The Bertz CT molecular complexity index is 671. The van der Waals surface area contributed by atoms with E-state index in [1.54, 1.807) is 0 Å². The van der Waals surface area contributed by atoms with Crippen molar-refractivity contribution in [1.29, 1.82) is 0 Å². The fourth-order valence-corrected chi connectivity index (χ4v) is 2.15. The first-order valence-electron chi connectivity index (χ1n) is 5.40. The van der Waals surface area contributed by atoms with Crippen LogP contribution in [-0.2, 0) is 0 Å². The largest absolute Gasteiger partial charge is 0.397 e. The Morgan fingerprint density at radius 1 is 1.25 bits per heavy atom. The van der Waals surface area contributed by atoms with E-state index in [1.807, 2.05) is 0 Å². The van der Waals surface area contributed by atoms with Crippen LogP contribution in [0.25, 0.3) is 0 Å². The second-order valence-corrected chi connectivity index (χ2v) is 5.22. The Labute approximate surface area is 126 Å². The van der Waals surface area contributed by atoms with Crippen LogP contribution >= 0.6 is 27.5 Å². The van der Waals surface area contributed by atoms with E-state index in [0.29, 0.717) is 0 Å². The SMILES string of the molecule is Nc1c(Cl)cccc1C(=O)Nc1c(F)cc(Br)cc1F. The molecule has 2 aromatic carbocycles. The zero-order valence-corrected chi connectivity index (χ0v) is 12.2. The first-order chi connectivity index (χ1) is 9.40. The number of amides is 1. The van der Waals surface area contributed by atoms with Crippen LogP contribution in [0.15, 0.2) is 34.8 Å². The number of para-hydroxylation sites is 1. The molecule has 2 rings (SSSR count). The minimum Gasteiger partial charge on any atom is -0.397 e. The monoisotopic (exact) mass is 360 g/mol. The van der Waals surface area contributed by atoms with Crippen molar-refractivity contribution in [3.05, 3.63) is 57.0 Å². The predicted molar refractivity (Wildman–Crippen MR) is 77.9 cm³/mol. The fraction of sp³-hybridized carbons (Fsp3) is 0. The molecule has 0 aliphatic carbocycles. The molecule has 0 unspecified atom stereocenters. The number of hydrogen-bond donors (Lipinski definition) is 2. The van der Waals surface area contributed by atoms with Gasteiger partial charge in [0.25, 0.3) is 5.91 Å². The van der Waals surface area contributed by atoms with Gasteiger partial charge in [-0.3, -0.25) is 4.79 Å². The lowest BCUT2D eigenvalue weighted by Crippen LogP contribution is -2.16. The predicted octanol–water partition coefficient (Wildman–Crippen LogP) is 4.22. The van der Waals surface area contributed by atoms with Gasteiger partial charge >= 0.3 is 0 Å². The van der Waals surface area contributed by atoms with Gasteiger partial charge in [0.05, 0.1) is 16.3 Å². The highest BCUT2D eigenvalue weighted by Crippen LogP contribution is 2.26. The smallest absolute Gasteiger partial charge is 0.257 e. The number of carbonyl (C=O) groups excluding carboxylic acids is 1. The van der Waals surface area contributed by atoms with E-state index >= 15 is 0 Å². The topological polar surface area (TPSA) is 55.1 Å². The maximum absolute atomic E-state index is 13.6. The Kier molecular flexibility index (Phi) is 4.25. The van der Waals surface area contributed by atoms with Crippen LogP contribution in [0.3, 0.4) is 0 Å². The summed E-state index contributed by atoms with van der Waals surface area (Å²) in [4.78, 5) is 12.0. The second kappa shape index (κ2) is 5.76. The first kappa shape index (κ1) is 14.7. The molecule has 0 heterocycles. The van der Waals surface area contributed by atoms with Crippen LogP contribution in [0.4, 0.5) is 20.2 Å². The number of nitrogen functional groups attached to an aromatic ring is 1. The lowest BCUT2D eigenvalue weighted by molar-refractivity contribution is 0.102.